The number of carbonyl (C=O) groups excluding carboxylic acids is 1. The molecule has 112 valence electrons. The molecule has 0 spiro atoms. The number of aromatic nitrogens is 1. The topological polar surface area (TPSA) is 68.0 Å². The van der Waals surface area contributed by atoms with Gasteiger partial charge in [-0.1, -0.05) is 13.3 Å². The van der Waals surface area contributed by atoms with Crippen LogP contribution in [0.2, 0.25) is 0 Å². The first-order valence-corrected chi connectivity index (χ1v) is 8.39. The minimum absolute atomic E-state index is 0.136. The van der Waals surface area contributed by atoms with Crippen LogP contribution in [-0.4, -0.2) is 23.5 Å². The van der Waals surface area contributed by atoms with E-state index in [1.807, 2.05) is 0 Å². The van der Waals surface area contributed by atoms with Crippen LogP contribution in [0.3, 0.4) is 0 Å². The quantitative estimate of drug-likeness (QED) is 0.845. The van der Waals surface area contributed by atoms with E-state index in [0.29, 0.717) is 18.9 Å². The highest BCUT2D eigenvalue weighted by molar-refractivity contribution is 7.11. The molecule has 1 aliphatic rings. The number of rotatable bonds is 6. The van der Waals surface area contributed by atoms with Gasteiger partial charge in [0.15, 0.2) is 0 Å². The van der Waals surface area contributed by atoms with Crippen LogP contribution in [0.1, 0.15) is 48.2 Å². The summed E-state index contributed by atoms with van der Waals surface area (Å²) in [6.45, 7) is 4.91. The summed E-state index contributed by atoms with van der Waals surface area (Å²) in [6.07, 6.45) is 5.72. The van der Waals surface area contributed by atoms with Gasteiger partial charge in [-0.15, -0.1) is 11.3 Å². The number of nitrogens with two attached hydrogens (primary N) is 1. The number of aryl methyl sites for hydroxylation is 2. The second-order valence-corrected chi connectivity index (χ2v) is 6.91. The number of nitrogens with zero attached hydrogens (tertiary/aromatic N) is 1. The van der Waals surface area contributed by atoms with Crippen LogP contribution < -0.4 is 11.1 Å². The molecule has 1 heterocycles. The number of nitrogens with one attached hydrogen (secondary N) is 1. The third-order valence-electron chi connectivity index (χ3n) is 4.10. The molecule has 0 saturated heterocycles. The van der Waals surface area contributed by atoms with Crippen molar-refractivity contribution in [1.82, 2.24) is 10.3 Å². The molecule has 1 fully saturated rings. The maximum Gasteiger partial charge on any atom is 0.220 e. The molecule has 0 radical (unpaired) electrons. The lowest BCUT2D eigenvalue weighted by atomic mass is 10.00. The van der Waals surface area contributed by atoms with Crippen LogP contribution >= 0.6 is 11.3 Å². The van der Waals surface area contributed by atoms with Crippen molar-refractivity contribution in [3.8, 4) is 0 Å². The van der Waals surface area contributed by atoms with Crippen LogP contribution in [0.4, 0.5) is 0 Å². The van der Waals surface area contributed by atoms with Gasteiger partial charge in [0, 0.05) is 30.3 Å². The van der Waals surface area contributed by atoms with Crippen molar-refractivity contribution in [2.45, 2.75) is 58.4 Å². The number of thiazole rings is 1. The van der Waals surface area contributed by atoms with Crippen molar-refractivity contribution >= 4 is 17.2 Å². The summed E-state index contributed by atoms with van der Waals surface area (Å²) in [5, 5.41) is 4.12. The fraction of sp³-hybridized carbons (Fsp3) is 0.733. The van der Waals surface area contributed by atoms with Crippen LogP contribution in [0.15, 0.2) is 0 Å². The Labute approximate surface area is 125 Å². The van der Waals surface area contributed by atoms with E-state index in [9.17, 15) is 4.79 Å². The van der Waals surface area contributed by atoms with Crippen molar-refractivity contribution < 1.29 is 4.79 Å². The molecule has 5 heteroatoms. The fourth-order valence-electron chi connectivity index (χ4n) is 2.86. The van der Waals surface area contributed by atoms with Crippen LogP contribution in [0.5, 0.6) is 0 Å². The molecule has 2 rings (SSSR count). The summed E-state index contributed by atoms with van der Waals surface area (Å²) >= 11 is 1.74. The van der Waals surface area contributed by atoms with Gasteiger partial charge in [0.1, 0.15) is 0 Å². The first-order valence-electron chi connectivity index (χ1n) is 7.57. The van der Waals surface area contributed by atoms with Gasteiger partial charge in [-0.25, -0.2) is 4.98 Å². The molecule has 20 heavy (non-hydrogen) atoms. The molecule has 0 bridgehead atoms. The third kappa shape index (κ3) is 4.03. The molecule has 0 unspecified atom stereocenters. The maximum atomic E-state index is 11.9. The minimum atomic E-state index is 0.136. The number of carbonyl (C=O) groups is 1. The summed E-state index contributed by atoms with van der Waals surface area (Å²) in [4.78, 5) is 17.8. The van der Waals surface area contributed by atoms with E-state index in [2.05, 4.69) is 24.1 Å². The smallest absolute Gasteiger partial charge is 0.220 e. The largest absolute Gasteiger partial charge is 0.356 e. The Kier molecular flexibility index (Phi) is 5.54. The lowest BCUT2D eigenvalue weighted by molar-refractivity contribution is -0.122. The monoisotopic (exact) mass is 295 g/mol. The van der Waals surface area contributed by atoms with Crippen molar-refractivity contribution in [1.29, 1.82) is 0 Å². The summed E-state index contributed by atoms with van der Waals surface area (Å²) in [5.74, 6) is 0.514. The molecular formula is C15H25N3OS. The van der Waals surface area contributed by atoms with Gasteiger partial charge < -0.3 is 11.1 Å². The van der Waals surface area contributed by atoms with Crippen molar-refractivity contribution in [2.75, 3.05) is 6.54 Å². The Bertz CT molecular complexity index is 458. The van der Waals surface area contributed by atoms with E-state index in [1.165, 1.54) is 10.6 Å². The van der Waals surface area contributed by atoms with Gasteiger partial charge in [0.05, 0.1) is 10.7 Å². The summed E-state index contributed by atoms with van der Waals surface area (Å²) in [5.41, 5.74) is 7.18. The number of hydrogen-bond acceptors (Lipinski definition) is 4. The Balaban J connectivity index is 1.70. The van der Waals surface area contributed by atoms with Gasteiger partial charge in [-0.2, -0.15) is 0 Å². The Morgan fingerprint density at radius 3 is 2.90 bits per heavy atom. The average molecular weight is 295 g/mol. The maximum absolute atomic E-state index is 11.9. The van der Waals surface area contributed by atoms with E-state index in [0.717, 1.165) is 37.1 Å². The second kappa shape index (κ2) is 7.18. The third-order valence-corrected chi connectivity index (χ3v) is 5.17. The Hall–Kier alpha value is -0.940. The average Bonchev–Trinajstić information content (AvgIpc) is 2.96. The molecule has 2 atom stereocenters. The summed E-state index contributed by atoms with van der Waals surface area (Å²) in [6, 6.07) is 0.217. The van der Waals surface area contributed by atoms with Gasteiger partial charge >= 0.3 is 0 Å². The van der Waals surface area contributed by atoms with Crippen molar-refractivity contribution in [2.24, 2.45) is 11.7 Å². The summed E-state index contributed by atoms with van der Waals surface area (Å²) < 4.78 is 0. The molecule has 4 nitrogen and oxygen atoms in total. The van der Waals surface area contributed by atoms with E-state index in [-0.39, 0.29) is 11.9 Å². The molecule has 3 N–H and O–H groups in total. The van der Waals surface area contributed by atoms with E-state index in [1.54, 1.807) is 11.3 Å². The zero-order valence-corrected chi connectivity index (χ0v) is 13.3. The Morgan fingerprint density at radius 2 is 2.30 bits per heavy atom. The van der Waals surface area contributed by atoms with Crippen molar-refractivity contribution in [3.05, 3.63) is 15.6 Å². The van der Waals surface area contributed by atoms with E-state index < -0.39 is 0 Å². The SMILES string of the molecule is CCc1nc(CCNC(=O)C[C@@H]2CCC[C@H]2N)sc1C. The fourth-order valence-corrected chi connectivity index (χ4v) is 3.88. The van der Waals surface area contributed by atoms with Crippen LogP contribution in [-0.2, 0) is 17.6 Å². The second-order valence-electron chi connectivity index (χ2n) is 5.62. The molecule has 1 saturated carbocycles. The van der Waals surface area contributed by atoms with Crippen LogP contribution in [0.25, 0.3) is 0 Å². The van der Waals surface area contributed by atoms with Gasteiger partial charge in [0.2, 0.25) is 5.91 Å². The number of hydrogen-bond donors (Lipinski definition) is 2. The zero-order chi connectivity index (χ0) is 14.5. The summed E-state index contributed by atoms with van der Waals surface area (Å²) in [7, 11) is 0. The zero-order valence-electron chi connectivity index (χ0n) is 12.4. The van der Waals surface area contributed by atoms with Crippen molar-refractivity contribution in [3.63, 3.8) is 0 Å². The van der Waals surface area contributed by atoms with Gasteiger partial charge in [-0.3, -0.25) is 4.79 Å². The minimum Gasteiger partial charge on any atom is -0.356 e. The first-order chi connectivity index (χ1) is 9.60. The molecule has 1 amide bonds. The molecule has 0 aromatic carbocycles. The molecule has 1 aromatic rings. The first kappa shape index (κ1) is 15.4. The molecule has 1 aliphatic carbocycles. The molecular weight excluding hydrogens is 270 g/mol. The predicted octanol–water partition coefficient (Wildman–Crippen LogP) is 2.19. The van der Waals surface area contributed by atoms with Gasteiger partial charge in [0.25, 0.3) is 0 Å². The standard InChI is InChI=1S/C15H25N3OS/c1-3-13-10(2)20-15(18-13)7-8-17-14(19)9-11-5-4-6-12(11)16/h11-12H,3-9,16H2,1-2H3,(H,17,19)/t11-,12+/m0/s1. The number of amides is 1. The molecule has 1 aromatic heterocycles. The highest BCUT2D eigenvalue weighted by Gasteiger charge is 2.25. The van der Waals surface area contributed by atoms with E-state index in [4.69, 9.17) is 5.73 Å². The normalized spacial score (nSPS) is 22.1. The highest BCUT2D eigenvalue weighted by Crippen LogP contribution is 2.26. The predicted molar refractivity (Wildman–Crippen MR) is 82.9 cm³/mol. The van der Waals surface area contributed by atoms with Gasteiger partial charge in [-0.05, 0) is 32.1 Å². The van der Waals surface area contributed by atoms with Crippen LogP contribution in [0, 0.1) is 12.8 Å². The van der Waals surface area contributed by atoms with E-state index >= 15 is 0 Å². The highest BCUT2D eigenvalue weighted by atomic mass is 32.1. The molecule has 0 aliphatic heterocycles. The lowest BCUT2D eigenvalue weighted by Crippen LogP contribution is -2.32. The Morgan fingerprint density at radius 1 is 1.50 bits per heavy atom. The lowest BCUT2D eigenvalue weighted by Gasteiger charge is -2.14.